The SMILES string of the molecule is Cc1cn[nH]c1-c1ccc(O)cc1. The molecule has 1 heterocycles. The van der Waals surface area contributed by atoms with Crippen LogP contribution >= 0.6 is 0 Å². The lowest BCUT2D eigenvalue weighted by atomic mass is 10.1. The number of hydrogen-bond donors (Lipinski definition) is 2. The highest BCUT2D eigenvalue weighted by Crippen LogP contribution is 2.22. The Kier molecular flexibility index (Phi) is 1.77. The van der Waals surface area contributed by atoms with E-state index >= 15 is 0 Å². The first kappa shape index (κ1) is 7.86. The number of aromatic hydroxyl groups is 1. The maximum atomic E-state index is 9.10. The average Bonchev–Trinajstić information content (AvgIpc) is 2.53. The molecule has 0 radical (unpaired) electrons. The van der Waals surface area contributed by atoms with Gasteiger partial charge in [-0.1, -0.05) is 0 Å². The lowest BCUT2D eigenvalue weighted by Crippen LogP contribution is -1.79. The van der Waals surface area contributed by atoms with Gasteiger partial charge >= 0.3 is 0 Å². The van der Waals surface area contributed by atoms with Crippen LogP contribution in [0.25, 0.3) is 11.3 Å². The fourth-order valence-electron chi connectivity index (χ4n) is 1.27. The summed E-state index contributed by atoms with van der Waals surface area (Å²) in [6.45, 7) is 1.99. The molecule has 0 unspecified atom stereocenters. The number of phenols is 1. The second kappa shape index (κ2) is 2.94. The number of rotatable bonds is 1. The summed E-state index contributed by atoms with van der Waals surface area (Å²) >= 11 is 0. The van der Waals surface area contributed by atoms with Crippen molar-refractivity contribution in [3.05, 3.63) is 36.0 Å². The number of nitrogens with zero attached hydrogens (tertiary/aromatic N) is 1. The van der Waals surface area contributed by atoms with E-state index in [-0.39, 0.29) is 5.75 Å². The zero-order valence-electron chi connectivity index (χ0n) is 7.28. The minimum Gasteiger partial charge on any atom is -0.508 e. The molecule has 13 heavy (non-hydrogen) atoms. The Labute approximate surface area is 76.0 Å². The molecule has 2 rings (SSSR count). The Morgan fingerprint density at radius 1 is 1.23 bits per heavy atom. The molecule has 0 atom stereocenters. The molecular formula is C10H10N2O. The van der Waals surface area contributed by atoms with Crippen molar-refractivity contribution in [2.24, 2.45) is 0 Å². The molecule has 3 heteroatoms. The van der Waals surface area contributed by atoms with Crippen molar-refractivity contribution in [3.63, 3.8) is 0 Å². The van der Waals surface area contributed by atoms with Crippen molar-refractivity contribution < 1.29 is 5.11 Å². The molecule has 2 aromatic rings. The number of aromatic amines is 1. The van der Waals surface area contributed by atoms with E-state index in [2.05, 4.69) is 10.2 Å². The number of H-pyrrole nitrogens is 1. The van der Waals surface area contributed by atoms with Gasteiger partial charge in [-0.3, -0.25) is 5.10 Å². The van der Waals surface area contributed by atoms with E-state index in [0.29, 0.717) is 0 Å². The molecule has 0 saturated heterocycles. The second-order valence-corrected chi connectivity index (χ2v) is 2.97. The predicted octanol–water partition coefficient (Wildman–Crippen LogP) is 2.09. The van der Waals surface area contributed by atoms with Gasteiger partial charge in [-0.15, -0.1) is 0 Å². The number of aryl methyl sites for hydroxylation is 1. The maximum Gasteiger partial charge on any atom is 0.115 e. The van der Waals surface area contributed by atoms with E-state index < -0.39 is 0 Å². The Hall–Kier alpha value is -1.77. The lowest BCUT2D eigenvalue weighted by Gasteiger charge is -1.98. The summed E-state index contributed by atoms with van der Waals surface area (Å²) in [5, 5.41) is 15.9. The third kappa shape index (κ3) is 1.40. The zero-order valence-corrected chi connectivity index (χ0v) is 7.28. The van der Waals surface area contributed by atoms with Crippen LogP contribution in [0.4, 0.5) is 0 Å². The van der Waals surface area contributed by atoms with Crippen molar-refractivity contribution >= 4 is 0 Å². The minimum absolute atomic E-state index is 0.279. The highest BCUT2D eigenvalue weighted by molar-refractivity contribution is 5.62. The van der Waals surface area contributed by atoms with Crippen LogP contribution in [-0.2, 0) is 0 Å². The number of benzene rings is 1. The van der Waals surface area contributed by atoms with Crippen LogP contribution < -0.4 is 0 Å². The van der Waals surface area contributed by atoms with E-state index in [0.717, 1.165) is 16.8 Å². The number of phenolic OH excluding ortho intramolecular Hbond substituents is 1. The average molecular weight is 174 g/mol. The molecular weight excluding hydrogens is 164 g/mol. The van der Waals surface area contributed by atoms with Gasteiger partial charge in [-0.2, -0.15) is 5.10 Å². The lowest BCUT2D eigenvalue weighted by molar-refractivity contribution is 0.475. The molecule has 0 spiro atoms. The van der Waals surface area contributed by atoms with Crippen molar-refractivity contribution in [2.45, 2.75) is 6.92 Å². The molecule has 1 aromatic carbocycles. The molecule has 1 aromatic heterocycles. The topological polar surface area (TPSA) is 48.9 Å². The third-order valence-electron chi connectivity index (χ3n) is 1.98. The van der Waals surface area contributed by atoms with Crippen molar-refractivity contribution in [1.29, 1.82) is 0 Å². The van der Waals surface area contributed by atoms with Crippen LogP contribution in [0.15, 0.2) is 30.5 Å². The summed E-state index contributed by atoms with van der Waals surface area (Å²) in [5.74, 6) is 0.279. The first-order valence-corrected chi connectivity index (χ1v) is 4.07. The van der Waals surface area contributed by atoms with Gasteiger partial charge in [0.1, 0.15) is 5.75 Å². The van der Waals surface area contributed by atoms with Gasteiger partial charge in [0.2, 0.25) is 0 Å². The van der Waals surface area contributed by atoms with Crippen molar-refractivity contribution in [1.82, 2.24) is 10.2 Å². The second-order valence-electron chi connectivity index (χ2n) is 2.97. The van der Waals surface area contributed by atoms with Crippen LogP contribution in [0.3, 0.4) is 0 Å². The quantitative estimate of drug-likeness (QED) is 0.695. The van der Waals surface area contributed by atoms with Crippen LogP contribution in [-0.4, -0.2) is 15.3 Å². The Bertz CT molecular complexity index is 403. The third-order valence-corrected chi connectivity index (χ3v) is 1.98. The minimum atomic E-state index is 0.279. The van der Waals surface area contributed by atoms with Gasteiger partial charge in [-0.05, 0) is 36.8 Å². The fourth-order valence-corrected chi connectivity index (χ4v) is 1.27. The summed E-state index contributed by atoms with van der Waals surface area (Å²) in [4.78, 5) is 0. The van der Waals surface area contributed by atoms with E-state index in [9.17, 15) is 0 Å². The molecule has 3 nitrogen and oxygen atoms in total. The summed E-state index contributed by atoms with van der Waals surface area (Å²) in [5.41, 5.74) is 3.14. The van der Waals surface area contributed by atoms with Gasteiger partial charge in [0.05, 0.1) is 11.9 Å². The van der Waals surface area contributed by atoms with Gasteiger partial charge in [0.25, 0.3) is 0 Å². The molecule has 0 amide bonds. The number of hydrogen-bond acceptors (Lipinski definition) is 2. The van der Waals surface area contributed by atoms with Gasteiger partial charge < -0.3 is 5.11 Å². The first-order valence-electron chi connectivity index (χ1n) is 4.07. The van der Waals surface area contributed by atoms with Crippen LogP contribution in [0, 0.1) is 6.92 Å². The van der Waals surface area contributed by atoms with E-state index in [1.54, 1.807) is 18.3 Å². The molecule has 2 N–H and O–H groups in total. The summed E-state index contributed by atoms with van der Waals surface area (Å²) in [6, 6.07) is 7.04. The maximum absolute atomic E-state index is 9.10. The molecule has 0 aliphatic rings. The molecule has 0 saturated carbocycles. The Balaban J connectivity index is 2.47. The molecule has 0 bridgehead atoms. The molecule has 0 aliphatic carbocycles. The standard InChI is InChI=1S/C10H10N2O/c1-7-6-11-12-10(7)8-2-4-9(13)5-3-8/h2-6,13H,1H3,(H,11,12). The van der Waals surface area contributed by atoms with Crippen molar-refractivity contribution in [3.8, 4) is 17.0 Å². The van der Waals surface area contributed by atoms with Crippen LogP contribution in [0.5, 0.6) is 5.75 Å². The van der Waals surface area contributed by atoms with Gasteiger partial charge in [0, 0.05) is 5.56 Å². The van der Waals surface area contributed by atoms with Gasteiger partial charge in [0.15, 0.2) is 0 Å². The van der Waals surface area contributed by atoms with Crippen LogP contribution in [0.2, 0.25) is 0 Å². The zero-order chi connectivity index (χ0) is 9.26. The molecule has 0 fully saturated rings. The molecule has 66 valence electrons. The van der Waals surface area contributed by atoms with E-state index in [4.69, 9.17) is 5.11 Å². The van der Waals surface area contributed by atoms with Gasteiger partial charge in [-0.25, -0.2) is 0 Å². The monoisotopic (exact) mass is 174 g/mol. The largest absolute Gasteiger partial charge is 0.508 e. The number of aromatic nitrogens is 2. The number of nitrogens with one attached hydrogen (secondary N) is 1. The summed E-state index contributed by atoms with van der Waals surface area (Å²) in [7, 11) is 0. The van der Waals surface area contributed by atoms with E-state index in [1.165, 1.54) is 0 Å². The molecule has 0 aliphatic heterocycles. The summed E-state index contributed by atoms with van der Waals surface area (Å²) in [6.07, 6.45) is 1.78. The van der Waals surface area contributed by atoms with E-state index in [1.807, 2.05) is 19.1 Å². The fraction of sp³-hybridized carbons (Fsp3) is 0.100. The Morgan fingerprint density at radius 2 is 1.92 bits per heavy atom. The smallest absolute Gasteiger partial charge is 0.115 e. The van der Waals surface area contributed by atoms with Crippen LogP contribution in [0.1, 0.15) is 5.56 Å². The normalized spacial score (nSPS) is 10.2. The van der Waals surface area contributed by atoms with Crippen molar-refractivity contribution in [2.75, 3.05) is 0 Å². The summed E-state index contributed by atoms with van der Waals surface area (Å²) < 4.78 is 0. The first-order chi connectivity index (χ1) is 6.27. The highest BCUT2D eigenvalue weighted by Gasteiger charge is 2.02. The highest BCUT2D eigenvalue weighted by atomic mass is 16.3. The predicted molar refractivity (Wildman–Crippen MR) is 50.4 cm³/mol. The Morgan fingerprint density at radius 3 is 2.46 bits per heavy atom.